The molecule has 0 aliphatic rings. The molecule has 26 heavy (non-hydrogen) atoms. The molecule has 1 amide bonds. The molecule has 0 spiro atoms. The summed E-state index contributed by atoms with van der Waals surface area (Å²) >= 11 is 3.28. The normalized spacial score (nSPS) is 10.4. The Kier molecular flexibility index (Phi) is 6.51. The van der Waals surface area contributed by atoms with Gasteiger partial charge in [0.1, 0.15) is 6.54 Å². The molecular weight excluding hydrogens is 406 g/mol. The molecule has 1 aromatic heterocycles. The SMILES string of the molecule is CCCOC(=O)c1cc(Br)ccc1NC(=O)Cn1ccc(=O)n(C)c1=O. The number of hydrogen-bond donors (Lipinski definition) is 1. The number of carbonyl (C=O) groups excluding carboxylic acids is 2. The van der Waals surface area contributed by atoms with Gasteiger partial charge in [0.05, 0.1) is 17.9 Å². The van der Waals surface area contributed by atoms with E-state index in [0.29, 0.717) is 10.9 Å². The van der Waals surface area contributed by atoms with E-state index in [9.17, 15) is 19.2 Å². The van der Waals surface area contributed by atoms with Crippen molar-refractivity contribution >= 4 is 33.5 Å². The third kappa shape index (κ3) is 4.69. The lowest BCUT2D eigenvalue weighted by molar-refractivity contribution is -0.116. The largest absolute Gasteiger partial charge is 0.462 e. The maximum absolute atomic E-state index is 12.3. The maximum atomic E-state index is 12.3. The second-order valence-electron chi connectivity index (χ2n) is 5.50. The first-order valence-electron chi connectivity index (χ1n) is 7.86. The molecule has 138 valence electrons. The molecule has 0 fully saturated rings. The Labute approximate surface area is 157 Å². The number of aromatic nitrogens is 2. The summed E-state index contributed by atoms with van der Waals surface area (Å²) in [6.45, 7) is 1.85. The van der Waals surface area contributed by atoms with Crippen molar-refractivity contribution in [2.45, 2.75) is 19.9 Å². The van der Waals surface area contributed by atoms with E-state index in [-0.39, 0.29) is 24.4 Å². The van der Waals surface area contributed by atoms with Crippen molar-refractivity contribution in [3.05, 3.63) is 61.3 Å². The Hall–Kier alpha value is -2.68. The van der Waals surface area contributed by atoms with Crippen LogP contribution in [0.15, 0.2) is 44.5 Å². The van der Waals surface area contributed by atoms with Crippen LogP contribution >= 0.6 is 15.9 Å². The number of rotatable bonds is 6. The molecule has 0 unspecified atom stereocenters. The summed E-state index contributed by atoms with van der Waals surface area (Å²) in [5, 5.41) is 2.60. The van der Waals surface area contributed by atoms with Gasteiger partial charge in [-0.15, -0.1) is 0 Å². The summed E-state index contributed by atoms with van der Waals surface area (Å²) in [5.41, 5.74) is -0.585. The number of esters is 1. The van der Waals surface area contributed by atoms with Gasteiger partial charge in [-0.05, 0) is 24.6 Å². The van der Waals surface area contributed by atoms with E-state index in [0.717, 1.165) is 9.13 Å². The lowest BCUT2D eigenvalue weighted by Gasteiger charge is -2.12. The summed E-state index contributed by atoms with van der Waals surface area (Å²) in [6, 6.07) is 5.98. The van der Waals surface area contributed by atoms with E-state index in [1.165, 1.54) is 19.3 Å². The molecule has 2 rings (SSSR count). The number of carbonyl (C=O) groups is 2. The summed E-state index contributed by atoms with van der Waals surface area (Å²) in [7, 11) is 1.33. The number of benzene rings is 1. The van der Waals surface area contributed by atoms with E-state index in [1.54, 1.807) is 18.2 Å². The van der Waals surface area contributed by atoms with Crippen LogP contribution in [0.1, 0.15) is 23.7 Å². The second kappa shape index (κ2) is 8.61. The number of nitrogens with zero attached hydrogens (tertiary/aromatic N) is 2. The average molecular weight is 424 g/mol. The summed E-state index contributed by atoms with van der Waals surface area (Å²) in [4.78, 5) is 47.8. The van der Waals surface area contributed by atoms with Gasteiger partial charge in [0, 0.05) is 23.8 Å². The molecule has 1 N–H and O–H groups in total. The molecular formula is C17H18BrN3O5. The monoisotopic (exact) mass is 423 g/mol. The summed E-state index contributed by atoms with van der Waals surface area (Å²) in [6.07, 6.45) is 1.93. The van der Waals surface area contributed by atoms with Crippen molar-refractivity contribution in [3.63, 3.8) is 0 Å². The number of ether oxygens (including phenoxy) is 1. The highest BCUT2D eigenvalue weighted by Crippen LogP contribution is 2.22. The number of amides is 1. The van der Waals surface area contributed by atoms with Crippen LogP contribution in [0, 0.1) is 0 Å². The summed E-state index contributed by atoms with van der Waals surface area (Å²) < 4.78 is 7.78. The molecule has 1 aromatic carbocycles. The second-order valence-corrected chi connectivity index (χ2v) is 6.41. The van der Waals surface area contributed by atoms with Crippen molar-refractivity contribution < 1.29 is 14.3 Å². The van der Waals surface area contributed by atoms with E-state index < -0.39 is 23.1 Å². The van der Waals surface area contributed by atoms with Gasteiger partial charge in [-0.3, -0.25) is 18.7 Å². The quantitative estimate of drug-likeness (QED) is 0.709. The third-order valence-corrected chi connectivity index (χ3v) is 3.98. The molecule has 0 radical (unpaired) electrons. The minimum absolute atomic E-state index is 0.203. The highest BCUT2D eigenvalue weighted by atomic mass is 79.9. The van der Waals surface area contributed by atoms with E-state index in [2.05, 4.69) is 21.2 Å². The fourth-order valence-electron chi connectivity index (χ4n) is 2.15. The van der Waals surface area contributed by atoms with Crippen LogP contribution in [-0.4, -0.2) is 27.6 Å². The van der Waals surface area contributed by atoms with Gasteiger partial charge in [0.15, 0.2) is 0 Å². The fraction of sp³-hybridized carbons (Fsp3) is 0.294. The Morgan fingerprint density at radius 1 is 1.23 bits per heavy atom. The zero-order chi connectivity index (χ0) is 19.3. The van der Waals surface area contributed by atoms with Gasteiger partial charge in [0.2, 0.25) is 5.91 Å². The van der Waals surface area contributed by atoms with Crippen molar-refractivity contribution in [3.8, 4) is 0 Å². The van der Waals surface area contributed by atoms with Crippen molar-refractivity contribution in [2.75, 3.05) is 11.9 Å². The lowest BCUT2D eigenvalue weighted by Crippen LogP contribution is -2.39. The van der Waals surface area contributed by atoms with Gasteiger partial charge < -0.3 is 10.1 Å². The van der Waals surface area contributed by atoms with E-state index in [4.69, 9.17) is 4.74 Å². The maximum Gasteiger partial charge on any atom is 0.340 e. The molecule has 1 heterocycles. The standard InChI is InChI=1S/C17H18BrN3O5/c1-3-8-26-16(24)12-9-11(18)4-5-13(12)19-14(22)10-21-7-6-15(23)20(2)17(21)25/h4-7,9H,3,8,10H2,1-2H3,(H,19,22). The average Bonchev–Trinajstić information content (AvgIpc) is 2.61. The van der Waals surface area contributed by atoms with Crippen LogP contribution in [0.5, 0.6) is 0 Å². The van der Waals surface area contributed by atoms with Crippen LogP contribution < -0.4 is 16.6 Å². The van der Waals surface area contributed by atoms with Gasteiger partial charge in [0.25, 0.3) is 5.56 Å². The molecule has 0 saturated carbocycles. The molecule has 2 aromatic rings. The van der Waals surface area contributed by atoms with Crippen LogP contribution in [-0.2, 0) is 23.1 Å². The van der Waals surface area contributed by atoms with E-state index in [1.807, 2.05) is 6.92 Å². The molecule has 0 saturated heterocycles. The molecule has 0 aliphatic carbocycles. The van der Waals surface area contributed by atoms with Crippen molar-refractivity contribution in [2.24, 2.45) is 7.05 Å². The Morgan fingerprint density at radius 2 is 1.96 bits per heavy atom. The molecule has 8 nitrogen and oxygen atoms in total. The molecule has 0 bridgehead atoms. The Morgan fingerprint density at radius 3 is 2.65 bits per heavy atom. The highest BCUT2D eigenvalue weighted by molar-refractivity contribution is 9.10. The smallest absolute Gasteiger partial charge is 0.340 e. The van der Waals surface area contributed by atoms with Gasteiger partial charge >= 0.3 is 11.7 Å². The van der Waals surface area contributed by atoms with Gasteiger partial charge in [-0.1, -0.05) is 22.9 Å². The van der Waals surface area contributed by atoms with E-state index >= 15 is 0 Å². The minimum atomic E-state index is -0.606. The van der Waals surface area contributed by atoms with Gasteiger partial charge in [-0.25, -0.2) is 9.59 Å². The number of hydrogen-bond acceptors (Lipinski definition) is 5. The number of halogens is 1. The molecule has 9 heteroatoms. The zero-order valence-electron chi connectivity index (χ0n) is 14.3. The Balaban J connectivity index is 2.21. The van der Waals surface area contributed by atoms with Crippen molar-refractivity contribution in [1.82, 2.24) is 9.13 Å². The van der Waals surface area contributed by atoms with Crippen LogP contribution in [0.2, 0.25) is 0 Å². The van der Waals surface area contributed by atoms with Crippen molar-refractivity contribution in [1.29, 1.82) is 0 Å². The minimum Gasteiger partial charge on any atom is -0.462 e. The molecule has 0 atom stereocenters. The van der Waals surface area contributed by atoms with Gasteiger partial charge in [-0.2, -0.15) is 0 Å². The third-order valence-electron chi connectivity index (χ3n) is 3.49. The fourth-order valence-corrected chi connectivity index (χ4v) is 2.51. The topological polar surface area (TPSA) is 99.4 Å². The number of nitrogens with one attached hydrogen (secondary N) is 1. The molecule has 0 aliphatic heterocycles. The number of anilines is 1. The zero-order valence-corrected chi connectivity index (χ0v) is 15.9. The predicted octanol–water partition coefficient (Wildman–Crippen LogP) is 1.51. The lowest BCUT2D eigenvalue weighted by atomic mass is 10.2. The first-order chi connectivity index (χ1) is 12.3. The van der Waals surface area contributed by atoms with Crippen LogP contribution in [0.25, 0.3) is 0 Å². The van der Waals surface area contributed by atoms with Crippen LogP contribution in [0.3, 0.4) is 0 Å². The Bertz CT molecular complexity index is 948. The summed E-state index contributed by atoms with van der Waals surface area (Å²) in [5.74, 6) is -1.07. The predicted molar refractivity (Wildman–Crippen MR) is 99.3 cm³/mol. The first kappa shape index (κ1) is 19.6. The highest BCUT2D eigenvalue weighted by Gasteiger charge is 2.16. The first-order valence-corrected chi connectivity index (χ1v) is 8.65. The van der Waals surface area contributed by atoms with Crippen LogP contribution in [0.4, 0.5) is 5.69 Å².